The van der Waals surface area contributed by atoms with Crippen molar-refractivity contribution in [2.24, 2.45) is 0 Å². The zero-order chi connectivity index (χ0) is 11.6. The summed E-state index contributed by atoms with van der Waals surface area (Å²) in [5, 5.41) is 13.1. The van der Waals surface area contributed by atoms with Gasteiger partial charge in [-0.05, 0) is 19.1 Å². The van der Waals surface area contributed by atoms with Crippen LogP contribution in [0.4, 0.5) is 5.69 Å². The maximum Gasteiger partial charge on any atom is 0.153 e. The number of benzene rings is 1. The van der Waals surface area contributed by atoms with Crippen molar-refractivity contribution in [3.63, 3.8) is 0 Å². The Hall–Kier alpha value is -1.24. The minimum absolute atomic E-state index is 0.131. The van der Waals surface area contributed by atoms with Crippen molar-refractivity contribution in [3.05, 3.63) is 29.3 Å². The van der Waals surface area contributed by atoms with E-state index in [9.17, 15) is 5.26 Å². The Balaban J connectivity index is 2.27. The molecule has 0 radical (unpaired) electrons. The monoisotopic (exact) mass is 236 g/mol. The topological polar surface area (TPSA) is 45.0 Å². The minimum Gasteiger partial charge on any atom is -0.375 e. The SMILES string of the molecule is CC1OCCC1(C#N)Nc1ccccc1Cl. The van der Waals surface area contributed by atoms with Gasteiger partial charge in [-0.15, -0.1) is 0 Å². The maximum absolute atomic E-state index is 9.30. The second-order valence-corrected chi connectivity index (χ2v) is 4.36. The van der Waals surface area contributed by atoms with Gasteiger partial charge >= 0.3 is 0 Å². The van der Waals surface area contributed by atoms with Crippen molar-refractivity contribution in [2.45, 2.75) is 25.0 Å². The number of hydrogen-bond donors (Lipinski definition) is 1. The number of para-hydroxylation sites is 1. The molecule has 3 nitrogen and oxygen atoms in total. The van der Waals surface area contributed by atoms with Gasteiger partial charge < -0.3 is 10.1 Å². The van der Waals surface area contributed by atoms with Crippen LogP contribution in [0.1, 0.15) is 13.3 Å². The second kappa shape index (κ2) is 4.32. The number of anilines is 1. The minimum atomic E-state index is -0.662. The van der Waals surface area contributed by atoms with Crippen molar-refractivity contribution in [2.75, 3.05) is 11.9 Å². The van der Waals surface area contributed by atoms with Gasteiger partial charge in [0.1, 0.15) is 0 Å². The number of nitrogens with one attached hydrogen (secondary N) is 1. The van der Waals surface area contributed by atoms with Crippen LogP contribution >= 0.6 is 11.6 Å². The average molecular weight is 237 g/mol. The first-order valence-corrected chi connectivity index (χ1v) is 5.61. The third-order valence-corrected chi connectivity index (χ3v) is 3.32. The van der Waals surface area contributed by atoms with Crippen LogP contribution in [0.3, 0.4) is 0 Å². The van der Waals surface area contributed by atoms with Crippen LogP contribution in [-0.2, 0) is 4.74 Å². The summed E-state index contributed by atoms with van der Waals surface area (Å²) in [4.78, 5) is 0. The lowest BCUT2D eigenvalue weighted by Crippen LogP contribution is -2.43. The highest BCUT2D eigenvalue weighted by Gasteiger charge is 2.42. The molecule has 1 aliphatic heterocycles. The molecule has 1 aliphatic rings. The number of halogens is 1. The van der Waals surface area contributed by atoms with Crippen LogP contribution in [0, 0.1) is 11.3 Å². The fourth-order valence-electron chi connectivity index (χ4n) is 1.88. The van der Waals surface area contributed by atoms with E-state index in [2.05, 4.69) is 11.4 Å². The van der Waals surface area contributed by atoms with Crippen molar-refractivity contribution in [1.82, 2.24) is 0 Å². The molecule has 4 heteroatoms. The molecule has 2 atom stereocenters. The Kier molecular flexibility index (Phi) is 3.04. The van der Waals surface area contributed by atoms with E-state index >= 15 is 0 Å². The van der Waals surface area contributed by atoms with Crippen LogP contribution in [0.25, 0.3) is 0 Å². The van der Waals surface area contributed by atoms with Gasteiger partial charge in [-0.3, -0.25) is 0 Å². The fraction of sp³-hybridized carbons (Fsp3) is 0.417. The molecule has 1 aromatic rings. The third kappa shape index (κ3) is 1.87. The summed E-state index contributed by atoms with van der Waals surface area (Å²) < 4.78 is 5.44. The third-order valence-electron chi connectivity index (χ3n) is 2.99. The molecule has 84 valence electrons. The summed E-state index contributed by atoms with van der Waals surface area (Å²) in [6.07, 6.45) is 0.546. The zero-order valence-corrected chi connectivity index (χ0v) is 9.79. The molecule has 2 rings (SSSR count). The highest BCUT2D eigenvalue weighted by atomic mass is 35.5. The smallest absolute Gasteiger partial charge is 0.153 e. The molecule has 1 N–H and O–H groups in total. The van der Waals surface area contributed by atoms with Gasteiger partial charge in [0.25, 0.3) is 0 Å². The molecule has 0 amide bonds. The Labute approximate surface area is 100.0 Å². The molecule has 1 saturated heterocycles. The molecule has 0 bridgehead atoms. The number of nitriles is 1. The lowest BCUT2D eigenvalue weighted by molar-refractivity contribution is 0.112. The zero-order valence-electron chi connectivity index (χ0n) is 9.03. The first-order chi connectivity index (χ1) is 7.68. The van der Waals surface area contributed by atoms with Gasteiger partial charge in [-0.1, -0.05) is 23.7 Å². The van der Waals surface area contributed by atoms with Crippen LogP contribution in [0.2, 0.25) is 5.02 Å². The van der Waals surface area contributed by atoms with Crippen molar-refractivity contribution in [3.8, 4) is 6.07 Å². The molecule has 1 heterocycles. The molecule has 0 aliphatic carbocycles. The predicted octanol–water partition coefficient (Wildman–Crippen LogP) is 2.82. The Bertz CT molecular complexity index is 429. The summed E-state index contributed by atoms with van der Waals surface area (Å²) in [5.41, 5.74) is 0.119. The Morgan fingerprint density at radius 3 is 2.88 bits per heavy atom. The molecule has 2 unspecified atom stereocenters. The fourth-order valence-corrected chi connectivity index (χ4v) is 2.07. The summed E-state index contributed by atoms with van der Waals surface area (Å²) in [6.45, 7) is 2.51. The largest absolute Gasteiger partial charge is 0.375 e. The van der Waals surface area contributed by atoms with Crippen LogP contribution in [-0.4, -0.2) is 18.2 Å². The highest BCUT2D eigenvalue weighted by Crippen LogP contribution is 2.32. The van der Waals surface area contributed by atoms with Gasteiger partial charge in [0, 0.05) is 6.42 Å². The Morgan fingerprint density at radius 1 is 1.56 bits per heavy atom. The van der Waals surface area contributed by atoms with Crippen molar-refractivity contribution in [1.29, 1.82) is 5.26 Å². The lowest BCUT2D eigenvalue weighted by Gasteiger charge is -2.27. The lowest BCUT2D eigenvalue weighted by atomic mass is 9.93. The molecular weight excluding hydrogens is 224 g/mol. The number of ether oxygens (including phenoxy) is 1. The van der Waals surface area contributed by atoms with Crippen LogP contribution < -0.4 is 5.32 Å². The van der Waals surface area contributed by atoms with Crippen LogP contribution in [0.15, 0.2) is 24.3 Å². The molecule has 16 heavy (non-hydrogen) atoms. The molecule has 1 aromatic carbocycles. The van der Waals surface area contributed by atoms with Gasteiger partial charge in [-0.25, -0.2) is 0 Å². The first kappa shape index (κ1) is 11.3. The summed E-state index contributed by atoms with van der Waals surface area (Å²) in [7, 11) is 0. The van der Waals surface area contributed by atoms with Gasteiger partial charge in [0.05, 0.1) is 29.5 Å². The van der Waals surface area contributed by atoms with Gasteiger partial charge in [0.2, 0.25) is 0 Å². The van der Waals surface area contributed by atoms with E-state index in [4.69, 9.17) is 16.3 Å². The second-order valence-electron chi connectivity index (χ2n) is 3.95. The molecule has 0 spiro atoms. The summed E-state index contributed by atoms with van der Waals surface area (Å²) >= 11 is 6.06. The normalized spacial score (nSPS) is 28.7. The summed E-state index contributed by atoms with van der Waals surface area (Å²) in [6, 6.07) is 9.73. The van der Waals surface area contributed by atoms with E-state index in [1.165, 1.54) is 0 Å². The first-order valence-electron chi connectivity index (χ1n) is 5.23. The predicted molar refractivity (Wildman–Crippen MR) is 63.4 cm³/mol. The van der Waals surface area contributed by atoms with E-state index in [0.29, 0.717) is 18.1 Å². The van der Waals surface area contributed by atoms with E-state index in [0.717, 1.165) is 5.69 Å². The highest BCUT2D eigenvalue weighted by molar-refractivity contribution is 6.33. The molecule has 1 fully saturated rings. The summed E-state index contributed by atoms with van der Waals surface area (Å²) in [5.74, 6) is 0. The van der Waals surface area contributed by atoms with Gasteiger partial charge in [-0.2, -0.15) is 5.26 Å². The van der Waals surface area contributed by atoms with E-state index in [-0.39, 0.29) is 6.10 Å². The number of hydrogen-bond acceptors (Lipinski definition) is 3. The van der Waals surface area contributed by atoms with Crippen LogP contribution in [0.5, 0.6) is 0 Å². The molecular formula is C12H13ClN2O. The van der Waals surface area contributed by atoms with E-state index in [1.54, 1.807) is 6.07 Å². The maximum atomic E-state index is 9.30. The van der Waals surface area contributed by atoms with E-state index < -0.39 is 5.54 Å². The standard InChI is InChI=1S/C12H13ClN2O/c1-9-12(8-14,6-7-16-9)15-11-5-3-2-4-10(11)13/h2-5,9,15H,6-7H2,1H3. The molecule has 0 saturated carbocycles. The van der Waals surface area contributed by atoms with Gasteiger partial charge in [0.15, 0.2) is 5.54 Å². The van der Waals surface area contributed by atoms with Crippen molar-refractivity contribution >= 4 is 17.3 Å². The van der Waals surface area contributed by atoms with Crippen molar-refractivity contribution < 1.29 is 4.74 Å². The quantitative estimate of drug-likeness (QED) is 0.859. The number of rotatable bonds is 2. The average Bonchev–Trinajstić information content (AvgIpc) is 2.64. The Morgan fingerprint density at radius 2 is 2.31 bits per heavy atom. The number of nitrogens with zero attached hydrogens (tertiary/aromatic N) is 1. The van der Waals surface area contributed by atoms with E-state index in [1.807, 2.05) is 25.1 Å². The molecule has 0 aromatic heterocycles.